The first-order valence-electron chi connectivity index (χ1n) is 7.12. The smallest absolute Gasteiger partial charge is 0.128 e. The van der Waals surface area contributed by atoms with Crippen LogP contribution in [0.4, 0.5) is 4.39 Å². The molecule has 0 amide bonds. The maximum Gasteiger partial charge on any atom is 0.128 e. The minimum absolute atomic E-state index is 0.0816. The number of halogens is 1. The fourth-order valence-electron chi connectivity index (χ4n) is 2.81. The Morgan fingerprint density at radius 2 is 1.90 bits per heavy atom. The molecule has 0 aromatic heterocycles. The minimum Gasteiger partial charge on any atom is -0.496 e. The molecule has 0 aliphatic heterocycles. The van der Waals surface area contributed by atoms with E-state index in [0.29, 0.717) is 6.42 Å². The summed E-state index contributed by atoms with van der Waals surface area (Å²) >= 11 is 0. The van der Waals surface area contributed by atoms with Crippen molar-refractivity contribution in [1.82, 2.24) is 5.32 Å². The first-order valence-corrected chi connectivity index (χ1v) is 7.12. The largest absolute Gasteiger partial charge is 0.496 e. The van der Waals surface area contributed by atoms with Gasteiger partial charge in [-0.2, -0.15) is 0 Å². The summed E-state index contributed by atoms with van der Waals surface area (Å²) in [7, 11) is 3.52. The van der Waals surface area contributed by atoms with Crippen LogP contribution in [0.5, 0.6) is 5.75 Å². The summed E-state index contributed by atoms with van der Waals surface area (Å²) in [6.45, 7) is 3.87. The Bertz CT molecular complexity index is 601. The lowest BCUT2D eigenvalue weighted by molar-refractivity contribution is 0.405. The summed E-state index contributed by atoms with van der Waals surface area (Å²) in [6.07, 6.45) is 0.682. The van der Waals surface area contributed by atoms with Crippen LogP contribution in [-0.2, 0) is 6.42 Å². The van der Waals surface area contributed by atoms with Crippen molar-refractivity contribution in [3.05, 3.63) is 64.5 Å². The molecule has 1 unspecified atom stereocenters. The molecule has 3 heteroatoms. The highest BCUT2D eigenvalue weighted by Crippen LogP contribution is 2.28. The van der Waals surface area contributed by atoms with E-state index in [9.17, 15) is 4.39 Å². The molecule has 1 N–H and O–H groups in total. The lowest BCUT2D eigenvalue weighted by Gasteiger charge is -2.21. The average Bonchev–Trinajstić information content (AvgIpc) is 2.45. The molecule has 2 nitrogen and oxygen atoms in total. The Morgan fingerprint density at radius 3 is 2.52 bits per heavy atom. The molecule has 0 spiro atoms. The predicted octanol–water partition coefficient (Wildman–Crippen LogP) is 3.95. The molecule has 0 saturated heterocycles. The average molecular weight is 287 g/mol. The van der Waals surface area contributed by atoms with Crippen molar-refractivity contribution in [1.29, 1.82) is 0 Å². The first-order chi connectivity index (χ1) is 10.1. The second-order valence-electron chi connectivity index (χ2n) is 5.33. The normalized spacial score (nSPS) is 12.2. The summed E-state index contributed by atoms with van der Waals surface area (Å²) < 4.78 is 19.7. The minimum atomic E-state index is -0.151. The summed E-state index contributed by atoms with van der Waals surface area (Å²) in [5.41, 5.74) is 3.72. The van der Waals surface area contributed by atoms with Crippen LogP contribution in [0.3, 0.4) is 0 Å². The monoisotopic (exact) mass is 287 g/mol. The number of methoxy groups -OCH3 is 1. The molecular weight excluding hydrogens is 265 g/mol. The maximum atomic E-state index is 14.4. The fraction of sp³-hybridized carbons (Fsp3) is 0.333. The van der Waals surface area contributed by atoms with Crippen LogP contribution in [0.15, 0.2) is 36.4 Å². The van der Waals surface area contributed by atoms with Crippen molar-refractivity contribution < 1.29 is 9.13 Å². The van der Waals surface area contributed by atoms with Gasteiger partial charge in [0.2, 0.25) is 0 Å². The van der Waals surface area contributed by atoms with Crippen LogP contribution in [0, 0.1) is 19.7 Å². The number of likely N-dealkylation sites (N-methyl/N-ethyl adjacent to an activating group) is 1. The van der Waals surface area contributed by atoms with Crippen molar-refractivity contribution >= 4 is 0 Å². The molecule has 2 aromatic rings. The van der Waals surface area contributed by atoms with Gasteiger partial charge < -0.3 is 10.1 Å². The highest BCUT2D eigenvalue weighted by atomic mass is 19.1. The van der Waals surface area contributed by atoms with E-state index in [1.165, 1.54) is 0 Å². The third-order valence-electron chi connectivity index (χ3n) is 3.79. The third-order valence-corrected chi connectivity index (χ3v) is 3.79. The summed E-state index contributed by atoms with van der Waals surface area (Å²) in [5, 5.41) is 3.22. The Kier molecular flexibility index (Phi) is 4.97. The van der Waals surface area contributed by atoms with Gasteiger partial charge in [0.1, 0.15) is 11.6 Å². The van der Waals surface area contributed by atoms with E-state index in [4.69, 9.17) is 4.74 Å². The Balaban J connectivity index is 2.37. The second kappa shape index (κ2) is 6.72. The molecule has 0 radical (unpaired) electrons. The molecule has 0 aliphatic rings. The highest BCUT2D eigenvalue weighted by molar-refractivity contribution is 5.38. The van der Waals surface area contributed by atoms with Gasteiger partial charge in [0.05, 0.1) is 7.11 Å². The van der Waals surface area contributed by atoms with E-state index in [0.717, 1.165) is 28.0 Å². The van der Waals surface area contributed by atoms with Crippen molar-refractivity contribution in [2.24, 2.45) is 0 Å². The number of hydrogen-bond acceptors (Lipinski definition) is 2. The lowest BCUT2D eigenvalue weighted by Crippen LogP contribution is -2.21. The Hall–Kier alpha value is -1.87. The van der Waals surface area contributed by atoms with Crippen molar-refractivity contribution in [3.63, 3.8) is 0 Å². The van der Waals surface area contributed by atoms with Gasteiger partial charge in [-0.3, -0.25) is 0 Å². The molecule has 2 rings (SSSR count). The van der Waals surface area contributed by atoms with Gasteiger partial charge >= 0.3 is 0 Å². The van der Waals surface area contributed by atoms with Crippen molar-refractivity contribution in [3.8, 4) is 5.75 Å². The molecule has 2 aromatic carbocycles. The van der Waals surface area contributed by atoms with Gasteiger partial charge in [-0.25, -0.2) is 4.39 Å². The van der Waals surface area contributed by atoms with Crippen molar-refractivity contribution in [2.75, 3.05) is 14.2 Å². The van der Waals surface area contributed by atoms with Crippen LogP contribution in [0.1, 0.15) is 28.3 Å². The zero-order chi connectivity index (χ0) is 15.4. The zero-order valence-corrected chi connectivity index (χ0v) is 13.0. The molecule has 0 fully saturated rings. The van der Waals surface area contributed by atoms with Crippen LogP contribution in [0.25, 0.3) is 0 Å². The number of para-hydroxylation sites is 1. The van der Waals surface area contributed by atoms with E-state index in [-0.39, 0.29) is 11.9 Å². The number of ether oxygens (including phenoxy) is 1. The quantitative estimate of drug-likeness (QED) is 0.899. The van der Waals surface area contributed by atoms with E-state index in [1.54, 1.807) is 13.2 Å². The highest BCUT2D eigenvalue weighted by Gasteiger charge is 2.19. The van der Waals surface area contributed by atoms with Gasteiger partial charge in [-0.15, -0.1) is 0 Å². The zero-order valence-electron chi connectivity index (χ0n) is 13.0. The standard InChI is InChI=1S/C18H22FNO/c1-12-9-13(2)18(15(19)10-12)16(20-3)11-14-7-5-6-8-17(14)21-4/h5-10,16,20H,11H2,1-4H3. The second-order valence-corrected chi connectivity index (χ2v) is 5.33. The Morgan fingerprint density at radius 1 is 1.19 bits per heavy atom. The van der Waals surface area contributed by atoms with Gasteiger partial charge in [0.15, 0.2) is 0 Å². The van der Waals surface area contributed by atoms with Crippen LogP contribution in [0.2, 0.25) is 0 Å². The molecule has 0 saturated carbocycles. The number of hydrogen-bond donors (Lipinski definition) is 1. The third kappa shape index (κ3) is 3.42. The molecular formula is C18H22FNO. The topological polar surface area (TPSA) is 21.3 Å². The number of benzene rings is 2. The molecule has 0 heterocycles. The predicted molar refractivity (Wildman–Crippen MR) is 84.4 cm³/mol. The Labute approximate surface area is 126 Å². The van der Waals surface area contributed by atoms with Gasteiger partial charge in [-0.05, 0) is 56.1 Å². The van der Waals surface area contributed by atoms with Crippen LogP contribution < -0.4 is 10.1 Å². The number of aryl methyl sites for hydroxylation is 2. The number of nitrogens with one attached hydrogen (secondary N) is 1. The van der Waals surface area contributed by atoms with Crippen LogP contribution in [-0.4, -0.2) is 14.2 Å². The van der Waals surface area contributed by atoms with E-state index in [2.05, 4.69) is 5.32 Å². The SMILES string of the molecule is CNC(Cc1ccccc1OC)c1c(C)cc(C)cc1F. The molecule has 1 atom stereocenters. The first kappa shape index (κ1) is 15.5. The van der Waals surface area contributed by atoms with Crippen molar-refractivity contribution in [2.45, 2.75) is 26.3 Å². The van der Waals surface area contributed by atoms with E-state index < -0.39 is 0 Å². The summed E-state index contributed by atoms with van der Waals surface area (Å²) in [6, 6.07) is 11.4. The number of rotatable bonds is 5. The van der Waals surface area contributed by atoms with Crippen LogP contribution >= 0.6 is 0 Å². The summed E-state index contributed by atoms with van der Waals surface area (Å²) in [5.74, 6) is 0.685. The molecule has 112 valence electrons. The van der Waals surface area contributed by atoms with E-state index >= 15 is 0 Å². The maximum absolute atomic E-state index is 14.4. The van der Waals surface area contributed by atoms with Gasteiger partial charge in [0, 0.05) is 11.6 Å². The molecule has 0 bridgehead atoms. The van der Waals surface area contributed by atoms with Gasteiger partial charge in [0.25, 0.3) is 0 Å². The summed E-state index contributed by atoms with van der Waals surface area (Å²) in [4.78, 5) is 0. The fourth-order valence-corrected chi connectivity index (χ4v) is 2.81. The lowest BCUT2D eigenvalue weighted by atomic mass is 9.93. The van der Waals surface area contributed by atoms with Gasteiger partial charge in [-0.1, -0.05) is 24.3 Å². The molecule has 0 aliphatic carbocycles. The molecule has 21 heavy (non-hydrogen) atoms. The van der Waals surface area contributed by atoms with E-state index in [1.807, 2.05) is 51.2 Å².